The largest absolute Gasteiger partial charge is 0.497 e. The van der Waals surface area contributed by atoms with E-state index in [1.807, 2.05) is 24.3 Å². The van der Waals surface area contributed by atoms with E-state index in [0.717, 1.165) is 59.8 Å². The van der Waals surface area contributed by atoms with Gasteiger partial charge in [0.05, 0.1) is 24.5 Å². The Kier molecular flexibility index (Phi) is 7.91. The summed E-state index contributed by atoms with van der Waals surface area (Å²) in [6.45, 7) is 4.81. The van der Waals surface area contributed by atoms with E-state index in [1.165, 1.54) is 0 Å². The number of benzene rings is 3. The molecule has 3 aromatic carbocycles. The average molecular weight is 492 g/mol. The highest BCUT2D eigenvalue weighted by molar-refractivity contribution is 7.87. The first kappa shape index (κ1) is 25.0. The predicted octanol–water partition coefficient (Wildman–Crippen LogP) is 6.02. The number of methoxy groups -OCH3 is 1. The summed E-state index contributed by atoms with van der Waals surface area (Å²) in [5.74, 6) is 1.11. The second-order valence-electron chi connectivity index (χ2n) is 9.14. The Morgan fingerprint density at radius 1 is 0.971 bits per heavy atom. The molecule has 0 spiro atoms. The van der Waals surface area contributed by atoms with Crippen LogP contribution in [0.4, 0.5) is 0 Å². The maximum atomic E-state index is 13.2. The van der Waals surface area contributed by atoms with Gasteiger partial charge in [-0.2, -0.15) is 0 Å². The van der Waals surface area contributed by atoms with E-state index in [-0.39, 0.29) is 0 Å². The smallest absolute Gasteiger partial charge is 0.236 e. The Balaban J connectivity index is 1.29. The number of primary amides is 1. The predicted molar refractivity (Wildman–Crippen MR) is 142 cm³/mol. The molecule has 1 saturated carbocycles. The van der Waals surface area contributed by atoms with Gasteiger partial charge in [-0.3, -0.25) is 9.00 Å². The molecule has 6 heteroatoms. The zero-order valence-corrected chi connectivity index (χ0v) is 21.1. The lowest BCUT2D eigenvalue weighted by molar-refractivity contribution is -0.121. The molecule has 184 valence electrons. The molecule has 1 aliphatic carbocycles. The maximum Gasteiger partial charge on any atom is 0.236 e. The normalized spacial score (nSPS) is 15.9. The highest BCUT2D eigenvalue weighted by Gasteiger charge is 2.44. The summed E-state index contributed by atoms with van der Waals surface area (Å²) in [5, 5.41) is 2.29. The first-order chi connectivity index (χ1) is 16.9. The molecule has 1 unspecified atom stereocenters. The average Bonchev–Trinajstić information content (AvgIpc) is 2.90. The van der Waals surface area contributed by atoms with Crippen LogP contribution in [0.25, 0.3) is 16.3 Å². The van der Waals surface area contributed by atoms with Crippen LogP contribution in [0.2, 0.25) is 0 Å². The lowest BCUT2D eigenvalue weighted by atomic mass is 9.88. The number of nitrogens with two attached hydrogens (primary N) is 1. The van der Waals surface area contributed by atoms with Gasteiger partial charge in [0.15, 0.2) is 0 Å². The molecular formula is C29H33NO4S. The summed E-state index contributed by atoms with van der Waals surface area (Å²) in [6.07, 6.45) is 5.65. The number of allylic oxidation sites excluding steroid dienone is 1. The molecule has 0 bridgehead atoms. The minimum Gasteiger partial charge on any atom is -0.497 e. The summed E-state index contributed by atoms with van der Waals surface area (Å²) in [5.41, 5.74) is 7.88. The van der Waals surface area contributed by atoms with Gasteiger partial charge in [-0.25, -0.2) is 0 Å². The molecule has 0 heterocycles. The fourth-order valence-corrected chi connectivity index (χ4v) is 6.40. The number of ether oxygens (including phenoxy) is 2. The van der Waals surface area contributed by atoms with Gasteiger partial charge in [0.2, 0.25) is 5.91 Å². The van der Waals surface area contributed by atoms with Crippen molar-refractivity contribution in [1.82, 2.24) is 0 Å². The molecule has 1 fully saturated rings. The molecule has 35 heavy (non-hydrogen) atoms. The monoisotopic (exact) mass is 491 g/mol. The van der Waals surface area contributed by atoms with E-state index in [4.69, 9.17) is 15.2 Å². The second-order valence-corrected chi connectivity index (χ2v) is 10.9. The Bertz CT molecular complexity index is 1230. The van der Waals surface area contributed by atoms with Gasteiger partial charge in [0.1, 0.15) is 16.2 Å². The molecule has 1 atom stereocenters. The standard InChI is InChI=1S/C29H33NO4S/c1-21(22-8-9-24-20-26(33-2)11-10-23(24)19-22)7-6-18-34-25-12-14-27(15-13-25)35(32)29(28(30)31)16-4-3-5-17-29/h8-15,19-20H,1,3-7,16-18H2,2H3,(H2,30,31). The highest BCUT2D eigenvalue weighted by atomic mass is 32.2. The quantitative estimate of drug-likeness (QED) is 0.352. The molecule has 5 nitrogen and oxygen atoms in total. The first-order valence-electron chi connectivity index (χ1n) is 12.1. The van der Waals surface area contributed by atoms with E-state index in [9.17, 15) is 9.00 Å². The maximum absolute atomic E-state index is 13.2. The molecular weight excluding hydrogens is 458 g/mol. The van der Waals surface area contributed by atoms with Crippen LogP contribution in [0.15, 0.2) is 72.1 Å². The van der Waals surface area contributed by atoms with Crippen molar-refractivity contribution in [3.8, 4) is 11.5 Å². The minimum absolute atomic E-state index is 0.456. The van der Waals surface area contributed by atoms with Crippen molar-refractivity contribution < 1.29 is 18.5 Å². The number of hydrogen-bond acceptors (Lipinski definition) is 4. The van der Waals surface area contributed by atoms with Crippen LogP contribution in [0.1, 0.15) is 50.5 Å². The van der Waals surface area contributed by atoms with E-state index in [0.29, 0.717) is 30.1 Å². The highest BCUT2D eigenvalue weighted by Crippen LogP contribution is 2.36. The van der Waals surface area contributed by atoms with Gasteiger partial charge in [-0.1, -0.05) is 44.0 Å². The van der Waals surface area contributed by atoms with E-state index >= 15 is 0 Å². The van der Waals surface area contributed by atoms with E-state index in [1.54, 1.807) is 19.2 Å². The van der Waals surface area contributed by atoms with Gasteiger partial charge in [0.25, 0.3) is 0 Å². The molecule has 0 radical (unpaired) electrons. The van der Waals surface area contributed by atoms with Gasteiger partial charge in [-0.05, 0) is 90.1 Å². The zero-order chi connectivity index (χ0) is 24.8. The van der Waals surface area contributed by atoms with Gasteiger partial charge < -0.3 is 15.2 Å². The number of carbonyl (C=O) groups excluding carboxylic acids is 1. The van der Waals surface area contributed by atoms with Crippen molar-refractivity contribution >= 4 is 33.1 Å². The molecule has 1 amide bonds. The van der Waals surface area contributed by atoms with Gasteiger partial charge >= 0.3 is 0 Å². The van der Waals surface area contributed by atoms with Crippen molar-refractivity contribution in [2.45, 2.75) is 54.6 Å². The fraction of sp³-hybridized carbons (Fsp3) is 0.345. The Hall–Kier alpha value is -3.12. The van der Waals surface area contributed by atoms with Crippen molar-refractivity contribution in [2.75, 3.05) is 13.7 Å². The third-order valence-corrected chi connectivity index (χ3v) is 8.87. The Morgan fingerprint density at radius 3 is 2.31 bits per heavy atom. The second kappa shape index (κ2) is 11.1. The van der Waals surface area contributed by atoms with Crippen molar-refractivity contribution in [1.29, 1.82) is 0 Å². The summed E-state index contributed by atoms with van der Waals surface area (Å²) in [7, 11) is 0.209. The number of rotatable bonds is 10. The van der Waals surface area contributed by atoms with E-state index < -0.39 is 21.5 Å². The number of fused-ring (bicyclic) bond motifs is 1. The molecule has 2 N–H and O–H groups in total. The fourth-order valence-electron chi connectivity index (χ4n) is 4.72. The summed E-state index contributed by atoms with van der Waals surface area (Å²) in [6, 6.07) is 19.6. The van der Waals surface area contributed by atoms with Crippen LogP contribution in [0.3, 0.4) is 0 Å². The Labute approximate surface area is 209 Å². The van der Waals surface area contributed by atoms with E-state index in [2.05, 4.69) is 30.8 Å². The van der Waals surface area contributed by atoms with Crippen LogP contribution in [-0.2, 0) is 15.6 Å². The van der Waals surface area contributed by atoms with Crippen molar-refractivity contribution in [3.63, 3.8) is 0 Å². The van der Waals surface area contributed by atoms with Crippen LogP contribution in [0, 0.1) is 0 Å². The van der Waals surface area contributed by atoms with Gasteiger partial charge in [0, 0.05) is 4.90 Å². The molecule has 3 aromatic rings. The third kappa shape index (κ3) is 5.59. The molecule has 0 aromatic heterocycles. The van der Waals surface area contributed by atoms with Crippen LogP contribution >= 0.6 is 0 Å². The van der Waals surface area contributed by atoms with Crippen LogP contribution < -0.4 is 15.2 Å². The molecule has 0 saturated heterocycles. The van der Waals surface area contributed by atoms with Crippen LogP contribution in [0.5, 0.6) is 11.5 Å². The zero-order valence-electron chi connectivity index (χ0n) is 20.3. The lowest BCUT2D eigenvalue weighted by Crippen LogP contribution is -2.48. The molecule has 1 aliphatic rings. The topological polar surface area (TPSA) is 78.6 Å². The SMILES string of the molecule is C=C(CCCOc1ccc(S(=O)C2(C(N)=O)CCCCC2)cc1)c1ccc2cc(OC)ccc2c1. The summed E-state index contributed by atoms with van der Waals surface area (Å²) < 4.78 is 23.5. The Morgan fingerprint density at radius 2 is 1.63 bits per heavy atom. The minimum atomic E-state index is -1.46. The molecule has 0 aliphatic heterocycles. The number of carbonyl (C=O) groups is 1. The van der Waals surface area contributed by atoms with Crippen molar-refractivity contribution in [2.24, 2.45) is 5.73 Å². The third-order valence-electron chi connectivity index (χ3n) is 6.85. The first-order valence-corrected chi connectivity index (χ1v) is 13.3. The summed E-state index contributed by atoms with van der Waals surface area (Å²) in [4.78, 5) is 12.8. The molecule has 4 rings (SSSR count). The summed E-state index contributed by atoms with van der Waals surface area (Å²) >= 11 is 0. The number of hydrogen-bond donors (Lipinski definition) is 1. The van der Waals surface area contributed by atoms with Gasteiger partial charge in [-0.15, -0.1) is 0 Å². The van der Waals surface area contributed by atoms with Crippen molar-refractivity contribution in [3.05, 3.63) is 72.8 Å². The lowest BCUT2D eigenvalue weighted by Gasteiger charge is -2.33. The number of amides is 1. The van der Waals surface area contributed by atoms with Crippen LogP contribution in [-0.4, -0.2) is 28.6 Å².